The third-order valence-electron chi connectivity index (χ3n) is 5.66. The van der Waals surface area contributed by atoms with Crippen LogP contribution in [0.1, 0.15) is 44.7 Å². The average Bonchev–Trinajstić information content (AvgIpc) is 3.02. The smallest absolute Gasteiger partial charge is 0.123 e. The van der Waals surface area contributed by atoms with Gasteiger partial charge in [-0.3, -0.25) is 4.90 Å². The van der Waals surface area contributed by atoms with E-state index in [2.05, 4.69) is 43.1 Å². The van der Waals surface area contributed by atoms with Gasteiger partial charge in [0.05, 0.1) is 6.61 Å². The summed E-state index contributed by atoms with van der Waals surface area (Å²) < 4.78 is 6.09. The summed E-state index contributed by atoms with van der Waals surface area (Å²) in [5.41, 5.74) is 4.78. The van der Waals surface area contributed by atoms with E-state index in [9.17, 15) is 0 Å². The molecule has 1 aromatic carbocycles. The zero-order valence-electron chi connectivity index (χ0n) is 13.5. The fraction of sp³-hybridized carbons (Fsp3) is 0.667. The van der Waals surface area contributed by atoms with Gasteiger partial charge in [-0.1, -0.05) is 0 Å². The van der Waals surface area contributed by atoms with E-state index in [1.807, 2.05) is 0 Å². The highest BCUT2D eigenvalue weighted by Crippen LogP contribution is 2.48. The number of nitrogens with one attached hydrogen (secondary N) is 1. The molecule has 1 saturated heterocycles. The summed E-state index contributed by atoms with van der Waals surface area (Å²) in [6.07, 6.45) is 3.57. The zero-order chi connectivity index (χ0) is 14.7. The first-order chi connectivity index (χ1) is 9.98. The van der Waals surface area contributed by atoms with E-state index in [1.54, 1.807) is 0 Å². The molecule has 3 aliphatic rings. The molecule has 21 heavy (non-hydrogen) atoms. The third kappa shape index (κ3) is 2.05. The van der Waals surface area contributed by atoms with Crippen molar-refractivity contribution < 1.29 is 4.74 Å². The van der Waals surface area contributed by atoms with E-state index in [4.69, 9.17) is 4.74 Å². The van der Waals surface area contributed by atoms with Gasteiger partial charge in [0.1, 0.15) is 5.75 Å². The summed E-state index contributed by atoms with van der Waals surface area (Å²) >= 11 is 0. The second-order valence-electron chi connectivity index (χ2n) is 7.91. The number of hydrogen-bond donors (Lipinski definition) is 1. The molecule has 1 N–H and O–H groups in total. The quantitative estimate of drug-likeness (QED) is 0.793. The Morgan fingerprint density at radius 1 is 1.19 bits per heavy atom. The molecule has 0 saturated carbocycles. The van der Waals surface area contributed by atoms with E-state index < -0.39 is 0 Å². The number of fused-ring (bicyclic) bond motifs is 3. The van der Waals surface area contributed by atoms with E-state index in [0.717, 1.165) is 25.3 Å². The molecule has 3 heterocycles. The summed E-state index contributed by atoms with van der Waals surface area (Å²) in [5, 5.41) is 3.52. The Morgan fingerprint density at radius 3 is 2.67 bits per heavy atom. The predicted octanol–water partition coefficient (Wildman–Crippen LogP) is 3.18. The maximum atomic E-state index is 6.09. The lowest BCUT2D eigenvalue weighted by molar-refractivity contribution is 0.0659. The van der Waals surface area contributed by atoms with Crippen molar-refractivity contribution in [3.05, 3.63) is 23.3 Å². The van der Waals surface area contributed by atoms with Crippen molar-refractivity contribution in [3.63, 3.8) is 0 Å². The Kier molecular flexibility index (Phi) is 2.81. The van der Waals surface area contributed by atoms with Gasteiger partial charge in [-0.2, -0.15) is 0 Å². The molecule has 0 bridgehead atoms. The van der Waals surface area contributed by atoms with Crippen LogP contribution in [0.3, 0.4) is 0 Å². The Hall–Kier alpha value is -1.22. The van der Waals surface area contributed by atoms with Crippen molar-refractivity contribution in [2.75, 3.05) is 31.6 Å². The molecule has 1 aromatic rings. The van der Waals surface area contributed by atoms with E-state index in [1.165, 1.54) is 42.7 Å². The first-order valence-corrected chi connectivity index (χ1v) is 8.27. The Morgan fingerprint density at radius 2 is 1.95 bits per heavy atom. The predicted molar refractivity (Wildman–Crippen MR) is 86.4 cm³/mol. The number of rotatable bonds is 0. The number of nitrogens with zero attached hydrogens (tertiary/aromatic N) is 1. The van der Waals surface area contributed by atoms with Gasteiger partial charge in [-0.05, 0) is 70.8 Å². The van der Waals surface area contributed by atoms with Gasteiger partial charge >= 0.3 is 0 Å². The van der Waals surface area contributed by atoms with E-state index in [0.29, 0.717) is 0 Å². The number of ether oxygens (including phenoxy) is 1. The second kappa shape index (κ2) is 4.39. The van der Waals surface area contributed by atoms with Crippen LogP contribution in [-0.4, -0.2) is 36.7 Å². The Labute approximate surface area is 127 Å². The van der Waals surface area contributed by atoms with Crippen molar-refractivity contribution in [1.82, 2.24) is 4.90 Å². The van der Waals surface area contributed by atoms with E-state index in [-0.39, 0.29) is 11.0 Å². The second-order valence-corrected chi connectivity index (χ2v) is 7.91. The molecule has 0 amide bonds. The van der Waals surface area contributed by atoms with Crippen LogP contribution in [0.15, 0.2) is 12.1 Å². The lowest BCUT2D eigenvalue weighted by atomic mass is 9.73. The highest BCUT2D eigenvalue weighted by Gasteiger charge is 2.45. The van der Waals surface area contributed by atoms with E-state index >= 15 is 0 Å². The van der Waals surface area contributed by atoms with Gasteiger partial charge in [0.25, 0.3) is 0 Å². The highest BCUT2D eigenvalue weighted by molar-refractivity contribution is 5.63. The minimum absolute atomic E-state index is 0.260. The Balaban J connectivity index is 1.62. The van der Waals surface area contributed by atoms with Crippen molar-refractivity contribution in [1.29, 1.82) is 0 Å². The number of hydrogen-bond acceptors (Lipinski definition) is 3. The van der Waals surface area contributed by atoms with Crippen LogP contribution >= 0.6 is 0 Å². The monoisotopic (exact) mass is 286 g/mol. The molecular weight excluding hydrogens is 260 g/mol. The van der Waals surface area contributed by atoms with Crippen LogP contribution in [0.2, 0.25) is 0 Å². The number of piperidine rings is 1. The fourth-order valence-electron chi connectivity index (χ4n) is 4.17. The number of anilines is 1. The maximum absolute atomic E-state index is 6.09. The van der Waals surface area contributed by atoms with Crippen LogP contribution < -0.4 is 10.1 Å². The van der Waals surface area contributed by atoms with Crippen molar-refractivity contribution in [2.45, 2.75) is 51.0 Å². The van der Waals surface area contributed by atoms with Gasteiger partial charge in [-0.15, -0.1) is 0 Å². The summed E-state index contributed by atoms with van der Waals surface area (Å²) in [6.45, 7) is 11.3. The molecule has 3 aliphatic heterocycles. The molecule has 4 rings (SSSR count). The molecule has 0 radical (unpaired) electrons. The molecule has 1 fully saturated rings. The molecule has 1 spiro atoms. The van der Waals surface area contributed by atoms with Crippen LogP contribution in [-0.2, 0) is 11.8 Å². The standard InChI is InChI=1S/C18H26N2O/c1-17(2,3)20-8-5-18(6-9-20)12-21-16-10-13-4-7-19-15(13)11-14(16)18/h10-11,19H,4-9,12H2,1-3H3. The summed E-state index contributed by atoms with van der Waals surface area (Å²) in [5.74, 6) is 1.15. The topological polar surface area (TPSA) is 24.5 Å². The summed E-state index contributed by atoms with van der Waals surface area (Å²) in [6, 6.07) is 4.67. The fourth-order valence-corrected chi connectivity index (χ4v) is 4.17. The molecule has 114 valence electrons. The Bertz CT molecular complexity index is 565. The number of benzene rings is 1. The molecule has 0 aromatic heterocycles. The lowest BCUT2D eigenvalue weighted by Gasteiger charge is -2.44. The zero-order valence-corrected chi connectivity index (χ0v) is 13.5. The molecule has 0 aliphatic carbocycles. The normalized spacial score (nSPS) is 23.6. The molecular formula is C18H26N2O. The first kappa shape index (κ1) is 13.4. The largest absolute Gasteiger partial charge is 0.492 e. The van der Waals surface area contributed by atoms with Crippen LogP contribution in [0.5, 0.6) is 5.75 Å². The SMILES string of the molecule is CC(C)(C)N1CCC2(CC1)COc1cc3c(cc12)NCC3. The summed E-state index contributed by atoms with van der Waals surface area (Å²) in [7, 11) is 0. The van der Waals surface area contributed by atoms with Gasteiger partial charge in [-0.25, -0.2) is 0 Å². The molecule has 3 heteroatoms. The molecule has 3 nitrogen and oxygen atoms in total. The minimum atomic E-state index is 0.260. The average molecular weight is 286 g/mol. The summed E-state index contributed by atoms with van der Waals surface area (Å²) in [4.78, 5) is 2.61. The van der Waals surface area contributed by atoms with Crippen molar-refractivity contribution in [3.8, 4) is 5.75 Å². The van der Waals surface area contributed by atoms with Crippen LogP contribution in [0, 0.1) is 0 Å². The minimum Gasteiger partial charge on any atom is -0.492 e. The molecule has 0 atom stereocenters. The van der Waals surface area contributed by atoms with Crippen molar-refractivity contribution >= 4 is 5.69 Å². The third-order valence-corrected chi connectivity index (χ3v) is 5.66. The van der Waals surface area contributed by atoms with Gasteiger partial charge in [0.2, 0.25) is 0 Å². The van der Waals surface area contributed by atoms with Gasteiger partial charge in [0, 0.05) is 28.7 Å². The van der Waals surface area contributed by atoms with Gasteiger partial charge < -0.3 is 10.1 Å². The first-order valence-electron chi connectivity index (χ1n) is 8.27. The maximum Gasteiger partial charge on any atom is 0.123 e. The van der Waals surface area contributed by atoms with Gasteiger partial charge in [0.15, 0.2) is 0 Å². The van der Waals surface area contributed by atoms with Crippen molar-refractivity contribution in [2.24, 2.45) is 0 Å². The lowest BCUT2D eigenvalue weighted by Crippen LogP contribution is -2.50. The molecule has 0 unspecified atom stereocenters. The highest BCUT2D eigenvalue weighted by atomic mass is 16.5. The van der Waals surface area contributed by atoms with Crippen LogP contribution in [0.25, 0.3) is 0 Å². The number of likely N-dealkylation sites (tertiary alicyclic amines) is 1. The van der Waals surface area contributed by atoms with Crippen LogP contribution in [0.4, 0.5) is 5.69 Å².